The molecule has 3 rings (SSSR count). The maximum Gasteiger partial charge on any atom is 0.442 e. The number of hydrogen-bond acceptors (Lipinski definition) is 3. The normalized spacial score (nSPS) is 18.0. The number of benzene rings is 1. The van der Waals surface area contributed by atoms with Gasteiger partial charge in [-0.3, -0.25) is 0 Å². The van der Waals surface area contributed by atoms with Crippen molar-refractivity contribution in [2.75, 3.05) is 0 Å². The van der Waals surface area contributed by atoms with Crippen LogP contribution >= 0.6 is 0 Å². The Hall–Kier alpha value is -2.18. The average molecular weight is 280 g/mol. The SMILES string of the molecule is CC(c1cccc(C2(C(F)(F)F)N=N2)c1)c1cnc[nH]1. The van der Waals surface area contributed by atoms with Gasteiger partial charge in [-0.05, 0) is 5.56 Å². The summed E-state index contributed by atoms with van der Waals surface area (Å²) >= 11 is 0. The zero-order valence-electron chi connectivity index (χ0n) is 10.5. The lowest BCUT2D eigenvalue weighted by Crippen LogP contribution is -2.30. The molecular formula is C13H11F3N4. The van der Waals surface area contributed by atoms with Gasteiger partial charge in [-0.25, -0.2) is 4.98 Å². The van der Waals surface area contributed by atoms with Crippen LogP contribution in [0.2, 0.25) is 0 Å². The van der Waals surface area contributed by atoms with Gasteiger partial charge in [0.15, 0.2) is 0 Å². The van der Waals surface area contributed by atoms with E-state index in [1.807, 2.05) is 6.92 Å². The number of rotatable bonds is 3. The van der Waals surface area contributed by atoms with Gasteiger partial charge in [0, 0.05) is 23.4 Å². The van der Waals surface area contributed by atoms with Crippen LogP contribution in [0.5, 0.6) is 0 Å². The summed E-state index contributed by atoms with van der Waals surface area (Å²) in [5, 5.41) is 6.44. The number of nitrogens with one attached hydrogen (secondary N) is 1. The summed E-state index contributed by atoms with van der Waals surface area (Å²) in [6, 6.07) is 6.27. The Balaban J connectivity index is 1.95. The third kappa shape index (κ3) is 1.90. The molecule has 1 aliphatic heterocycles. The summed E-state index contributed by atoms with van der Waals surface area (Å²) in [7, 11) is 0. The Kier molecular flexibility index (Phi) is 2.67. The molecule has 0 bridgehead atoms. The third-order valence-electron chi connectivity index (χ3n) is 3.47. The first kappa shape index (κ1) is 12.8. The van der Waals surface area contributed by atoms with E-state index < -0.39 is 11.8 Å². The lowest BCUT2D eigenvalue weighted by Gasteiger charge is -2.17. The van der Waals surface area contributed by atoms with Crippen molar-refractivity contribution in [3.63, 3.8) is 0 Å². The number of imidazole rings is 1. The second-order valence-corrected chi connectivity index (χ2v) is 4.72. The monoisotopic (exact) mass is 280 g/mol. The first-order chi connectivity index (χ1) is 9.44. The molecule has 2 aromatic rings. The van der Waals surface area contributed by atoms with Gasteiger partial charge in [0.1, 0.15) is 0 Å². The first-order valence-corrected chi connectivity index (χ1v) is 6.03. The summed E-state index contributed by atoms with van der Waals surface area (Å²) < 4.78 is 39.0. The minimum Gasteiger partial charge on any atom is -0.348 e. The van der Waals surface area contributed by atoms with Crippen LogP contribution in [0, 0.1) is 0 Å². The van der Waals surface area contributed by atoms with Crippen molar-refractivity contribution in [1.29, 1.82) is 0 Å². The molecule has 1 aromatic heterocycles. The molecule has 104 valence electrons. The highest BCUT2D eigenvalue weighted by Gasteiger charge is 2.65. The molecule has 0 aliphatic carbocycles. The highest BCUT2D eigenvalue weighted by Crippen LogP contribution is 2.52. The quantitative estimate of drug-likeness (QED) is 0.914. The van der Waals surface area contributed by atoms with Crippen LogP contribution in [-0.2, 0) is 5.66 Å². The summed E-state index contributed by atoms with van der Waals surface area (Å²) in [6.07, 6.45) is -1.30. The lowest BCUT2D eigenvalue weighted by atomic mass is 9.93. The topological polar surface area (TPSA) is 53.4 Å². The van der Waals surface area contributed by atoms with Crippen molar-refractivity contribution in [3.8, 4) is 0 Å². The first-order valence-electron chi connectivity index (χ1n) is 6.03. The number of alkyl halides is 3. The van der Waals surface area contributed by atoms with Gasteiger partial charge >= 0.3 is 11.8 Å². The van der Waals surface area contributed by atoms with E-state index in [0.29, 0.717) is 0 Å². The van der Waals surface area contributed by atoms with Crippen LogP contribution in [0.4, 0.5) is 13.2 Å². The predicted molar refractivity (Wildman–Crippen MR) is 65.1 cm³/mol. The smallest absolute Gasteiger partial charge is 0.348 e. The van der Waals surface area contributed by atoms with Crippen molar-refractivity contribution < 1.29 is 13.2 Å². The van der Waals surface area contributed by atoms with Gasteiger partial charge in [-0.15, -0.1) is 10.2 Å². The Labute approximate surface area is 112 Å². The molecule has 0 saturated carbocycles. The molecule has 2 heterocycles. The molecule has 0 spiro atoms. The average Bonchev–Trinajstić information content (AvgIpc) is 3.07. The van der Waals surface area contributed by atoms with Crippen LogP contribution < -0.4 is 0 Å². The van der Waals surface area contributed by atoms with Crippen LogP contribution in [0.3, 0.4) is 0 Å². The molecule has 1 N–H and O–H groups in total. The van der Waals surface area contributed by atoms with Crippen molar-refractivity contribution >= 4 is 0 Å². The summed E-state index contributed by atoms with van der Waals surface area (Å²) in [4.78, 5) is 6.88. The largest absolute Gasteiger partial charge is 0.442 e. The van der Waals surface area contributed by atoms with Gasteiger partial charge in [0.05, 0.1) is 6.33 Å². The number of nitrogens with zero attached hydrogens (tertiary/aromatic N) is 3. The molecule has 1 aliphatic rings. The molecule has 0 amide bonds. The molecule has 0 fully saturated rings. The van der Waals surface area contributed by atoms with Crippen molar-refractivity contribution in [2.24, 2.45) is 10.2 Å². The number of halogens is 3. The molecular weight excluding hydrogens is 269 g/mol. The standard InChI is InChI=1S/C13H11F3N4/c1-8(11-6-17-7-18-11)9-3-2-4-10(5-9)12(19-20-12)13(14,15)16/h2-8H,1H3,(H,17,18). The van der Waals surface area contributed by atoms with E-state index >= 15 is 0 Å². The summed E-state index contributed by atoms with van der Waals surface area (Å²) in [5.41, 5.74) is -0.717. The van der Waals surface area contributed by atoms with E-state index in [1.54, 1.807) is 24.7 Å². The maximum atomic E-state index is 13.0. The molecule has 7 heteroatoms. The van der Waals surface area contributed by atoms with Gasteiger partial charge in [0.25, 0.3) is 0 Å². The molecule has 0 radical (unpaired) electrons. The molecule has 1 unspecified atom stereocenters. The molecule has 0 saturated heterocycles. The fraction of sp³-hybridized carbons (Fsp3) is 0.308. The van der Waals surface area contributed by atoms with Crippen molar-refractivity contribution in [2.45, 2.75) is 24.7 Å². The fourth-order valence-electron chi connectivity index (χ4n) is 2.15. The highest BCUT2D eigenvalue weighted by molar-refractivity contribution is 5.37. The van der Waals surface area contributed by atoms with Gasteiger partial charge in [-0.2, -0.15) is 13.2 Å². The Morgan fingerprint density at radius 2 is 2.00 bits per heavy atom. The predicted octanol–water partition coefficient (Wildman–Crippen LogP) is 3.74. The van der Waals surface area contributed by atoms with Crippen LogP contribution in [-0.4, -0.2) is 16.1 Å². The number of hydrogen-bond donors (Lipinski definition) is 1. The maximum absolute atomic E-state index is 13.0. The van der Waals surface area contributed by atoms with Gasteiger partial charge in [0.2, 0.25) is 0 Å². The molecule has 1 aromatic carbocycles. The fourth-order valence-corrected chi connectivity index (χ4v) is 2.15. The second-order valence-electron chi connectivity index (χ2n) is 4.72. The molecule has 1 atom stereocenters. The number of aromatic amines is 1. The van der Waals surface area contributed by atoms with E-state index in [9.17, 15) is 13.2 Å². The van der Waals surface area contributed by atoms with E-state index in [1.165, 1.54) is 12.1 Å². The van der Waals surface area contributed by atoms with Crippen LogP contribution in [0.25, 0.3) is 0 Å². The minimum absolute atomic E-state index is 0.0499. The van der Waals surface area contributed by atoms with Gasteiger partial charge < -0.3 is 4.98 Å². The van der Waals surface area contributed by atoms with Crippen LogP contribution in [0.15, 0.2) is 47.0 Å². The Morgan fingerprint density at radius 1 is 1.25 bits per heavy atom. The van der Waals surface area contributed by atoms with E-state index in [0.717, 1.165) is 11.3 Å². The van der Waals surface area contributed by atoms with E-state index in [4.69, 9.17) is 0 Å². The van der Waals surface area contributed by atoms with Crippen molar-refractivity contribution in [3.05, 3.63) is 53.6 Å². The second kappa shape index (κ2) is 4.16. The number of aromatic nitrogens is 2. The van der Waals surface area contributed by atoms with E-state index in [-0.39, 0.29) is 11.5 Å². The zero-order valence-corrected chi connectivity index (χ0v) is 10.5. The van der Waals surface area contributed by atoms with Crippen LogP contribution in [0.1, 0.15) is 29.7 Å². The minimum atomic E-state index is -4.50. The third-order valence-corrected chi connectivity index (χ3v) is 3.47. The molecule has 4 nitrogen and oxygen atoms in total. The lowest BCUT2D eigenvalue weighted by molar-refractivity contribution is -0.166. The zero-order chi connectivity index (χ0) is 14.4. The summed E-state index contributed by atoms with van der Waals surface area (Å²) in [5.74, 6) is -0.0820. The molecule has 20 heavy (non-hydrogen) atoms. The Bertz CT molecular complexity index is 640. The van der Waals surface area contributed by atoms with E-state index in [2.05, 4.69) is 20.2 Å². The number of H-pyrrole nitrogens is 1. The Morgan fingerprint density at radius 3 is 2.55 bits per heavy atom. The van der Waals surface area contributed by atoms with Crippen molar-refractivity contribution in [1.82, 2.24) is 9.97 Å². The summed E-state index contributed by atoms with van der Waals surface area (Å²) in [6.45, 7) is 1.90. The highest BCUT2D eigenvalue weighted by atomic mass is 19.4. The van der Waals surface area contributed by atoms with Gasteiger partial charge in [-0.1, -0.05) is 31.2 Å².